The first-order valence-electron chi connectivity index (χ1n) is 6.34. The summed E-state index contributed by atoms with van der Waals surface area (Å²) in [6, 6.07) is 8.70. The maximum absolute atomic E-state index is 11.7. The number of rotatable bonds is 4. The van der Waals surface area contributed by atoms with Crippen molar-refractivity contribution in [1.82, 2.24) is 10.3 Å². The second kappa shape index (κ2) is 5.69. The molecule has 2 aromatic rings. The molecule has 1 heterocycles. The SMILES string of the molecule is Cc1ccc2nc(CC(=O)NC(C)C(=O)O)ccc2c1. The Bertz CT molecular complexity index is 667. The van der Waals surface area contributed by atoms with E-state index < -0.39 is 12.0 Å². The van der Waals surface area contributed by atoms with Crippen LogP contribution in [0.4, 0.5) is 0 Å². The molecule has 1 aromatic heterocycles. The first-order chi connectivity index (χ1) is 9.45. The number of amides is 1. The molecule has 0 aliphatic carbocycles. The molecule has 5 heteroatoms. The van der Waals surface area contributed by atoms with Gasteiger partial charge < -0.3 is 10.4 Å². The summed E-state index contributed by atoms with van der Waals surface area (Å²) in [4.78, 5) is 26.8. The van der Waals surface area contributed by atoms with Gasteiger partial charge in [0.2, 0.25) is 5.91 Å². The maximum Gasteiger partial charge on any atom is 0.325 e. The highest BCUT2D eigenvalue weighted by molar-refractivity contribution is 5.85. The van der Waals surface area contributed by atoms with Crippen LogP contribution in [0.3, 0.4) is 0 Å². The lowest BCUT2D eigenvalue weighted by Gasteiger charge is -2.09. The first kappa shape index (κ1) is 14.0. The molecule has 0 fully saturated rings. The normalized spacial score (nSPS) is 12.1. The molecule has 104 valence electrons. The Morgan fingerprint density at radius 2 is 2.05 bits per heavy atom. The van der Waals surface area contributed by atoms with Crippen LogP contribution in [0.2, 0.25) is 0 Å². The van der Waals surface area contributed by atoms with Crippen molar-refractivity contribution in [2.24, 2.45) is 0 Å². The Labute approximate surface area is 116 Å². The van der Waals surface area contributed by atoms with Crippen LogP contribution in [0, 0.1) is 6.92 Å². The quantitative estimate of drug-likeness (QED) is 0.887. The number of carbonyl (C=O) groups is 2. The second-order valence-electron chi connectivity index (χ2n) is 4.80. The van der Waals surface area contributed by atoms with Crippen molar-refractivity contribution in [2.45, 2.75) is 26.3 Å². The average molecular weight is 272 g/mol. The summed E-state index contributed by atoms with van der Waals surface area (Å²) in [7, 11) is 0. The van der Waals surface area contributed by atoms with Crippen LogP contribution in [0.5, 0.6) is 0 Å². The summed E-state index contributed by atoms with van der Waals surface area (Å²) >= 11 is 0. The van der Waals surface area contributed by atoms with Gasteiger partial charge in [-0.05, 0) is 32.0 Å². The van der Waals surface area contributed by atoms with E-state index in [0.717, 1.165) is 16.5 Å². The zero-order valence-corrected chi connectivity index (χ0v) is 11.4. The van der Waals surface area contributed by atoms with Gasteiger partial charge in [0.15, 0.2) is 0 Å². The molecule has 0 aliphatic heterocycles. The molecular formula is C15H16N2O3. The predicted molar refractivity (Wildman–Crippen MR) is 75.4 cm³/mol. The van der Waals surface area contributed by atoms with Crippen molar-refractivity contribution < 1.29 is 14.7 Å². The third-order valence-electron chi connectivity index (χ3n) is 2.99. The van der Waals surface area contributed by atoms with Crippen LogP contribution in [-0.4, -0.2) is 28.0 Å². The fourth-order valence-electron chi connectivity index (χ4n) is 1.90. The molecule has 1 atom stereocenters. The van der Waals surface area contributed by atoms with Crippen molar-refractivity contribution in [2.75, 3.05) is 0 Å². The van der Waals surface area contributed by atoms with Crippen molar-refractivity contribution in [3.8, 4) is 0 Å². The summed E-state index contributed by atoms with van der Waals surface area (Å²) in [5.74, 6) is -1.40. The summed E-state index contributed by atoms with van der Waals surface area (Å²) in [5, 5.41) is 12.2. The van der Waals surface area contributed by atoms with Gasteiger partial charge in [-0.3, -0.25) is 14.6 Å². The lowest BCUT2D eigenvalue weighted by Crippen LogP contribution is -2.39. The smallest absolute Gasteiger partial charge is 0.325 e. The van der Waals surface area contributed by atoms with Crippen molar-refractivity contribution in [3.63, 3.8) is 0 Å². The highest BCUT2D eigenvalue weighted by atomic mass is 16.4. The fraction of sp³-hybridized carbons (Fsp3) is 0.267. The van der Waals surface area contributed by atoms with Gasteiger partial charge in [0.1, 0.15) is 6.04 Å². The van der Waals surface area contributed by atoms with Crippen LogP contribution in [0.15, 0.2) is 30.3 Å². The number of hydrogen-bond acceptors (Lipinski definition) is 3. The molecule has 0 spiro atoms. The summed E-state index contributed by atoms with van der Waals surface area (Å²) in [5.41, 5.74) is 2.60. The van der Waals surface area contributed by atoms with Gasteiger partial charge in [0.25, 0.3) is 0 Å². The molecule has 1 amide bonds. The van der Waals surface area contributed by atoms with E-state index in [-0.39, 0.29) is 12.3 Å². The molecule has 2 rings (SSSR count). The zero-order chi connectivity index (χ0) is 14.7. The van der Waals surface area contributed by atoms with Crippen LogP contribution in [-0.2, 0) is 16.0 Å². The zero-order valence-electron chi connectivity index (χ0n) is 11.4. The third-order valence-corrected chi connectivity index (χ3v) is 2.99. The van der Waals surface area contributed by atoms with E-state index in [1.165, 1.54) is 6.92 Å². The summed E-state index contributed by atoms with van der Waals surface area (Å²) in [6.07, 6.45) is 0.0709. The minimum absolute atomic E-state index is 0.0709. The maximum atomic E-state index is 11.7. The van der Waals surface area contributed by atoms with Gasteiger partial charge in [-0.25, -0.2) is 0 Å². The lowest BCUT2D eigenvalue weighted by molar-refractivity contribution is -0.141. The predicted octanol–water partition coefficient (Wildman–Crippen LogP) is 1.68. The van der Waals surface area contributed by atoms with Crippen LogP contribution >= 0.6 is 0 Å². The molecule has 0 bridgehead atoms. The summed E-state index contributed by atoms with van der Waals surface area (Å²) < 4.78 is 0. The monoisotopic (exact) mass is 272 g/mol. The number of fused-ring (bicyclic) bond motifs is 1. The largest absolute Gasteiger partial charge is 0.480 e. The molecule has 0 saturated carbocycles. The van der Waals surface area contributed by atoms with Crippen LogP contribution in [0.1, 0.15) is 18.2 Å². The van der Waals surface area contributed by atoms with Gasteiger partial charge >= 0.3 is 5.97 Å². The van der Waals surface area contributed by atoms with Gasteiger partial charge in [-0.2, -0.15) is 0 Å². The number of aryl methyl sites for hydroxylation is 1. The number of aromatic nitrogens is 1. The standard InChI is InChI=1S/C15H16N2O3/c1-9-3-6-13-11(7-9)4-5-12(17-13)8-14(18)16-10(2)15(19)20/h3-7,10H,8H2,1-2H3,(H,16,18)(H,19,20). The first-order valence-corrected chi connectivity index (χ1v) is 6.34. The Hall–Kier alpha value is -2.43. The molecule has 2 N–H and O–H groups in total. The van der Waals surface area contributed by atoms with E-state index in [4.69, 9.17) is 5.11 Å². The van der Waals surface area contributed by atoms with E-state index >= 15 is 0 Å². The Kier molecular flexibility index (Phi) is 3.98. The molecular weight excluding hydrogens is 256 g/mol. The number of nitrogens with zero attached hydrogens (tertiary/aromatic N) is 1. The van der Waals surface area contributed by atoms with E-state index in [1.54, 1.807) is 6.07 Å². The number of aliphatic carboxylic acids is 1. The van der Waals surface area contributed by atoms with Gasteiger partial charge in [-0.15, -0.1) is 0 Å². The summed E-state index contributed by atoms with van der Waals surface area (Å²) in [6.45, 7) is 3.44. The van der Waals surface area contributed by atoms with Crippen molar-refractivity contribution >= 4 is 22.8 Å². The molecule has 0 saturated heterocycles. The van der Waals surface area contributed by atoms with Gasteiger partial charge in [0, 0.05) is 5.39 Å². The lowest BCUT2D eigenvalue weighted by atomic mass is 10.1. The Morgan fingerprint density at radius 1 is 1.30 bits per heavy atom. The fourth-order valence-corrected chi connectivity index (χ4v) is 1.90. The number of benzene rings is 1. The average Bonchev–Trinajstić information content (AvgIpc) is 2.38. The topological polar surface area (TPSA) is 79.3 Å². The van der Waals surface area contributed by atoms with Crippen LogP contribution < -0.4 is 5.32 Å². The van der Waals surface area contributed by atoms with Crippen molar-refractivity contribution in [1.29, 1.82) is 0 Å². The molecule has 1 unspecified atom stereocenters. The van der Waals surface area contributed by atoms with E-state index in [1.807, 2.05) is 31.2 Å². The minimum atomic E-state index is -1.06. The second-order valence-corrected chi connectivity index (χ2v) is 4.80. The van der Waals surface area contributed by atoms with Gasteiger partial charge in [-0.1, -0.05) is 17.7 Å². The van der Waals surface area contributed by atoms with Crippen LogP contribution in [0.25, 0.3) is 10.9 Å². The number of carbonyl (C=O) groups excluding carboxylic acids is 1. The Balaban J connectivity index is 2.12. The minimum Gasteiger partial charge on any atom is -0.480 e. The molecule has 0 radical (unpaired) electrons. The van der Waals surface area contributed by atoms with E-state index in [0.29, 0.717) is 5.69 Å². The molecule has 5 nitrogen and oxygen atoms in total. The molecule has 1 aromatic carbocycles. The molecule has 20 heavy (non-hydrogen) atoms. The van der Waals surface area contributed by atoms with E-state index in [2.05, 4.69) is 10.3 Å². The highest BCUT2D eigenvalue weighted by Crippen LogP contribution is 2.14. The molecule has 0 aliphatic rings. The van der Waals surface area contributed by atoms with Gasteiger partial charge in [0.05, 0.1) is 17.6 Å². The number of hydrogen-bond donors (Lipinski definition) is 2. The third kappa shape index (κ3) is 3.32. The van der Waals surface area contributed by atoms with Crippen molar-refractivity contribution in [3.05, 3.63) is 41.6 Å². The highest BCUT2D eigenvalue weighted by Gasteiger charge is 2.14. The number of carboxylic acids is 1. The number of nitrogens with one attached hydrogen (secondary N) is 1. The number of pyridine rings is 1. The van der Waals surface area contributed by atoms with E-state index in [9.17, 15) is 9.59 Å². The Morgan fingerprint density at radius 3 is 2.75 bits per heavy atom. The number of carboxylic acid groups (broad SMARTS) is 1.